The summed E-state index contributed by atoms with van der Waals surface area (Å²) in [5, 5.41) is 5.86. The first-order valence-electron chi connectivity index (χ1n) is 7.03. The van der Waals surface area contributed by atoms with Gasteiger partial charge < -0.3 is 10.6 Å². The van der Waals surface area contributed by atoms with Crippen LogP contribution in [0.1, 0.15) is 19.4 Å². The fourth-order valence-electron chi connectivity index (χ4n) is 2.53. The molecular weight excluding hydrogens is 370 g/mol. The third kappa shape index (κ3) is 3.51. The second-order valence-corrected chi connectivity index (χ2v) is 8.16. The molecule has 22 heavy (non-hydrogen) atoms. The Morgan fingerprint density at radius 3 is 2.73 bits per heavy atom. The third-order valence-electron chi connectivity index (χ3n) is 3.60. The van der Waals surface area contributed by atoms with Gasteiger partial charge in [0.2, 0.25) is 15.9 Å². The molecule has 6 nitrogen and oxygen atoms in total. The number of piperazine rings is 1. The molecule has 1 aliphatic heterocycles. The summed E-state index contributed by atoms with van der Waals surface area (Å²) in [4.78, 5) is 11.4. The Balaban J connectivity index is 2.43. The molecule has 0 spiro atoms. The van der Waals surface area contributed by atoms with Crippen molar-refractivity contribution in [2.45, 2.75) is 31.7 Å². The molecule has 0 aromatic heterocycles. The van der Waals surface area contributed by atoms with Crippen molar-refractivity contribution in [3.63, 3.8) is 0 Å². The van der Waals surface area contributed by atoms with Crippen molar-refractivity contribution < 1.29 is 13.2 Å². The molecular formula is C14H20BrN3O3S. The minimum atomic E-state index is -3.56. The second-order valence-electron chi connectivity index (χ2n) is 5.45. The van der Waals surface area contributed by atoms with Crippen LogP contribution in [0, 0.1) is 6.92 Å². The van der Waals surface area contributed by atoms with E-state index in [4.69, 9.17) is 0 Å². The highest BCUT2D eigenvalue weighted by atomic mass is 79.9. The number of nitrogens with one attached hydrogen (secondary N) is 2. The summed E-state index contributed by atoms with van der Waals surface area (Å²) in [7, 11) is -3.56. The zero-order valence-corrected chi connectivity index (χ0v) is 15.2. The highest BCUT2D eigenvalue weighted by Crippen LogP contribution is 2.31. The molecule has 2 rings (SSSR count). The molecule has 2 N–H and O–H groups in total. The van der Waals surface area contributed by atoms with Crippen LogP contribution in [-0.2, 0) is 14.8 Å². The van der Waals surface area contributed by atoms with Gasteiger partial charge >= 0.3 is 0 Å². The molecule has 1 heterocycles. The maximum atomic E-state index is 12.9. The lowest BCUT2D eigenvalue weighted by Crippen LogP contribution is -2.52. The largest absolute Gasteiger partial charge is 0.325 e. The summed E-state index contributed by atoms with van der Waals surface area (Å²) in [6.07, 6.45) is 0. The minimum absolute atomic E-state index is 0.0908. The molecule has 0 bridgehead atoms. The first-order chi connectivity index (χ1) is 10.2. The fourth-order valence-corrected chi connectivity index (χ4v) is 4.99. The number of hydrogen-bond acceptors (Lipinski definition) is 4. The van der Waals surface area contributed by atoms with Gasteiger partial charge in [-0.05, 0) is 47.5 Å². The van der Waals surface area contributed by atoms with Crippen LogP contribution in [0.3, 0.4) is 0 Å². The highest BCUT2D eigenvalue weighted by Gasteiger charge is 2.32. The minimum Gasteiger partial charge on any atom is -0.325 e. The second kappa shape index (κ2) is 6.66. The molecule has 1 unspecified atom stereocenters. The summed E-state index contributed by atoms with van der Waals surface area (Å²) < 4.78 is 27.9. The smallest absolute Gasteiger partial charge is 0.243 e. The van der Waals surface area contributed by atoms with Crippen LogP contribution < -0.4 is 10.6 Å². The third-order valence-corrected chi connectivity index (χ3v) is 6.41. The molecule has 0 aliphatic carbocycles. The standard InChI is InChI=1S/C14H20BrN3O3S/c1-9-6-13(17-11(3)19)12(15)7-14(9)22(20,21)18-5-4-16-8-10(18)2/h6-7,10,16H,4-5,8H2,1-3H3,(H,17,19). The van der Waals surface area contributed by atoms with Crippen molar-refractivity contribution in [2.24, 2.45) is 0 Å². The van der Waals surface area contributed by atoms with E-state index >= 15 is 0 Å². The molecule has 0 saturated carbocycles. The Morgan fingerprint density at radius 2 is 2.14 bits per heavy atom. The lowest BCUT2D eigenvalue weighted by Gasteiger charge is -2.33. The molecule has 1 fully saturated rings. The summed E-state index contributed by atoms with van der Waals surface area (Å²) in [6, 6.07) is 3.14. The van der Waals surface area contributed by atoms with E-state index in [1.54, 1.807) is 19.1 Å². The summed E-state index contributed by atoms with van der Waals surface area (Å²) in [5.41, 5.74) is 1.18. The summed E-state index contributed by atoms with van der Waals surface area (Å²) >= 11 is 3.33. The number of rotatable bonds is 3. The van der Waals surface area contributed by atoms with Crippen molar-refractivity contribution in [2.75, 3.05) is 25.0 Å². The maximum absolute atomic E-state index is 12.9. The van der Waals surface area contributed by atoms with Crippen LogP contribution in [0.2, 0.25) is 0 Å². The molecule has 0 radical (unpaired) electrons. The Bertz CT molecular complexity index is 691. The number of nitrogens with zero attached hydrogens (tertiary/aromatic N) is 1. The quantitative estimate of drug-likeness (QED) is 0.824. The number of hydrogen-bond donors (Lipinski definition) is 2. The van der Waals surface area contributed by atoms with Crippen LogP contribution in [0.4, 0.5) is 5.69 Å². The first-order valence-corrected chi connectivity index (χ1v) is 9.27. The van der Waals surface area contributed by atoms with E-state index in [-0.39, 0.29) is 16.8 Å². The van der Waals surface area contributed by atoms with Crippen LogP contribution in [-0.4, -0.2) is 44.3 Å². The van der Waals surface area contributed by atoms with Gasteiger partial charge in [-0.15, -0.1) is 0 Å². The van der Waals surface area contributed by atoms with Crippen LogP contribution >= 0.6 is 15.9 Å². The average Bonchev–Trinajstić information content (AvgIpc) is 2.42. The monoisotopic (exact) mass is 389 g/mol. The molecule has 8 heteroatoms. The van der Waals surface area contributed by atoms with Crippen molar-refractivity contribution in [3.05, 3.63) is 22.2 Å². The molecule has 1 aromatic carbocycles. The van der Waals surface area contributed by atoms with Gasteiger partial charge in [-0.1, -0.05) is 0 Å². The summed E-state index contributed by atoms with van der Waals surface area (Å²) in [6.45, 7) is 6.78. The zero-order chi connectivity index (χ0) is 16.5. The van der Waals surface area contributed by atoms with Crippen LogP contribution in [0.15, 0.2) is 21.5 Å². The molecule has 1 aromatic rings. The lowest BCUT2D eigenvalue weighted by molar-refractivity contribution is -0.114. The van der Waals surface area contributed by atoms with Gasteiger partial charge in [-0.25, -0.2) is 8.42 Å². The molecule has 1 saturated heterocycles. The van der Waals surface area contributed by atoms with E-state index in [1.807, 2.05) is 6.92 Å². The van der Waals surface area contributed by atoms with Crippen LogP contribution in [0.25, 0.3) is 0 Å². The number of halogens is 1. The Labute approximate surface area is 139 Å². The van der Waals surface area contributed by atoms with Gasteiger partial charge in [0.05, 0.1) is 10.6 Å². The van der Waals surface area contributed by atoms with Gasteiger partial charge in [0, 0.05) is 37.1 Å². The molecule has 1 atom stereocenters. The predicted molar refractivity (Wildman–Crippen MR) is 89.4 cm³/mol. The predicted octanol–water partition coefficient (Wildman–Crippen LogP) is 1.70. The van der Waals surface area contributed by atoms with E-state index in [1.165, 1.54) is 11.2 Å². The van der Waals surface area contributed by atoms with E-state index in [0.29, 0.717) is 35.4 Å². The Kier molecular flexibility index (Phi) is 5.26. The van der Waals surface area contributed by atoms with Gasteiger partial charge in [-0.2, -0.15) is 4.31 Å². The van der Waals surface area contributed by atoms with Crippen molar-refractivity contribution >= 4 is 37.5 Å². The molecule has 1 amide bonds. The average molecular weight is 390 g/mol. The Morgan fingerprint density at radius 1 is 1.45 bits per heavy atom. The van der Waals surface area contributed by atoms with E-state index in [0.717, 1.165) is 0 Å². The number of carbonyl (C=O) groups excluding carboxylic acids is 1. The normalized spacial score (nSPS) is 19.9. The number of benzene rings is 1. The van der Waals surface area contributed by atoms with Crippen molar-refractivity contribution in [3.8, 4) is 0 Å². The van der Waals surface area contributed by atoms with E-state index < -0.39 is 10.0 Å². The number of carbonyl (C=O) groups is 1. The van der Waals surface area contributed by atoms with Gasteiger partial charge in [0.1, 0.15) is 0 Å². The zero-order valence-electron chi connectivity index (χ0n) is 12.8. The van der Waals surface area contributed by atoms with Crippen molar-refractivity contribution in [1.82, 2.24) is 9.62 Å². The number of anilines is 1. The van der Waals surface area contributed by atoms with Crippen LogP contribution in [0.5, 0.6) is 0 Å². The van der Waals surface area contributed by atoms with Gasteiger partial charge in [0.25, 0.3) is 0 Å². The topological polar surface area (TPSA) is 78.5 Å². The van der Waals surface area contributed by atoms with Gasteiger partial charge in [-0.3, -0.25) is 4.79 Å². The number of amides is 1. The van der Waals surface area contributed by atoms with Gasteiger partial charge in [0.15, 0.2) is 0 Å². The van der Waals surface area contributed by atoms with Crippen molar-refractivity contribution in [1.29, 1.82) is 0 Å². The highest BCUT2D eigenvalue weighted by molar-refractivity contribution is 9.10. The maximum Gasteiger partial charge on any atom is 0.243 e. The fraction of sp³-hybridized carbons (Fsp3) is 0.500. The Hall–Kier alpha value is -0.960. The lowest BCUT2D eigenvalue weighted by atomic mass is 10.2. The number of sulfonamides is 1. The van der Waals surface area contributed by atoms with E-state index in [2.05, 4.69) is 26.6 Å². The summed E-state index contributed by atoms with van der Waals surface area (Å²) in [5.74, 6) is -0.202. The number of aryl methyl sites for hydroxylation is 1. The molecule has 1 aliphatic rings. The molecule has 122 valence electrons. The first kappa shape index (κ1) is 17.4. The van der Waals surface area contributed by atoms with E-state index in [9.17, 15) is 13.2 Å². The SMILES string of the molecule is CC(=O)Nc1cc(C)c(S(=O)(=O)N2CCNCC2C)cc1Br.